The molecule has 18 heavy (non-hydrogen) atoms. The van der Waals surface area contributed by atoms with Crippen molar-refractivity contribution in [2.75, 3.05) is 13.2 Å². The van der Waals surface area contributed by atoms with Gasteiger partial charge in [0.05, 0.1) is 6.61 Å². The smallest absolute Gasteiger partial charge is 0.410 e. The van der Waals surface area contributed by atoms with E-state index in [0.29, 0.717) is 19.1 Å². The fraction of sp³-hybridized carbons (Fsp3) is 0.846. The minimum atomic E-state index is -0.892. The Balaban J connectivity index is 1.98. The molecule has 102 valence electrons. The first-order valence-corrected chi connectivity index (χ1v) is 6.81. The minimum Gasteiger partial charge on any atom is -0.480 e. The molecule has 3 atom stereocenters. The summed E-state index contributed by atoms with van der Waals surface area (Å²) < 4.78 is 5.14. The fourth-order valence-corrected chi connectivity index (χ4v) is 3.20. The Morgan fingerprint density at radius 3 is 2.83 bits per heavy atom. The molecule has 1 aliphatic heterocycles. The summed E-state index contributed by atoms with van der Waals surface area (Å²) in [6.45, 7) is 2.95. The standard InChI is InChI=1S/C13H21NO4/c1-2-3-7-18-13(17)14-8-9-5-4-6-10(9)11(14)12(15)16/h9-11H,2-8H2,1H3,(H,15,16)/t9-,10-,11-/m0/s1. The average molecular weight is 255 g/mol. The molecular weight excluding hydrogens is 234 g/mol. The molecule has 1 amide bonds. The normalized spacial score (nSPS) is 30.3. The van der Waals surface area contributed by atoms with Gasteiger partial charge in [-0.05, 0) is 31.1 Å². The lowest BCUT2D eigenvalue weighted by molar-refractivity contribution is -0.143. The van der Waals surface area contributed by atoms with Crippen molar-refractivity contribution in [2.24, 2.45) is 11.8 Å². The molecule has 5 heteroatoms. The quantitative estimate of drug-likeness (QED) is 0.781. The van der Waals surface area contributed by atoms with Crippen LogP contribution in [0.3, 0.4) is 0 Å². The van der Waals surface area contributed by atoms with Gasteiger partial charge in [0.1, 0.15) is 6.04 Å². The predicted octanol–water partition coefficient (Wildman–Crippen LogP) is 2.11. The van der Waals surface area contributed by atoms with Gasteiger partial charge in [0.15, 0.2) is 0 Å². The summed E-state index contributed by atoms with van der Waals surface area (Å²) in [5, 5.41) is 9.30. The van der Waals surface area contributed by atoms with Crippen LogP contribution in [-0.4, -0.2) is 41.3 Å². The summed E-state index contributed by atoms with van der Waals surface area (Å²) in [6, 6.07) is -0.674. The molecule has 0 aromatic rings. The number of hydrogen-bond acceptors (Lipinski definition) is 3. The number of unbranched alkanes of at least 4 members (excludes halogenated alkanes) is 1. The van der Waals surface area contributed by atoms with E-state index in [2.05, 4.69) is 0 Å². The molecule has 0 spiro atoms. The van der Waals surface area contributed by atoms with Gasteiger partial charge in [0.25, 0.3) is 0 Å². The van der Waals surface area contributed by atoms with Crippen LogP contribution in [-0.2, 0) is 9.53 Å². The average Bonchev–Trinajstić information content (AvgIpc) is 2.87. The van der Waals surface area contributed by atoms with Crippen molar-refractivity contribution in [3.63, 3.8) is 0 Å². The molecule has 1 saturated heterocycles. The molecule has 0 unspecified atom stereocenters. The van der Waals surface area contributed by atoms with Crippen LogP contribution in [0.4, 0.5) is 4.79 Å². The number of carbonyl (C=O) groups is 2. The first kappa shape index (κ1) is 13.2. The number of fused-ring (bicyclic) bond motifs is 1. The van der Waals surface area contributed by atoms with E-state index in [-0.39, 0.29) is 5.92 Å². The van der Waals surface area contributed by atoms with Gasteiger partial charge in [-0.2, -0.15) is 0 Å². The summed E-state index contributed by atoms with van der Waals surface area (Å²) >= 11 is 0. The van der Waals surface area contributed by atoms with Crippen LogP contribution in [0.15, 0.2) is 0 Å². The maximum absolute atomic E-state index is 11.9. The van der Waals surface area contributed by atoms with Gasteiger partial charge in [-0.1, -0.05) is 19.8 Å². The largest absolute Gasteiger partial charge is 0.480 e. The van der Waals surface area contributed by atoms with Crippen molar-refractivity contribution in [1.29, 1.82) is 0 Å². The van der Waals surface area contributed by atoms with E-state index in [0.717, 1.165) is 32.1 Å². The van der Waals surface area contributed by atoms with E-state index in [9.17, 15) is 14.7 Å². The zero-order valence-corrected chi connectivity index (χ0v) is 10.8. The molecule has 0 aromatic heterocycles. The number of nitrogens with zero attached hydrogens (tertiary/aromatic N) is 1. The van der Waals surface area contributed by atoms with Crippen LogP contribution in [0, 0.1) is 11.8 Å². The number of carbonyl (C=O) groups excluding carboxylic acids is 1. The molecule has 1 N–H and O–H groups in total. The topological polar surface area (TPSA) is 66.8 Å². The van der Waals surface area contributed by atoms with Crippen LogP contribution in [0.5, 0.6) is 0 Å². The van der Waals surface area contributed by atoms with Gasteiger partial charge in [-0.3, -0.25) is 4.90 Å². The van der Waals surface area contributed by atoms with Gasteiger partial charge < -0.3 is 9.84 Å². The number of carboxylic acid groups (broad SMARTS) is 1. The Kier molecular flexibility index (Phi) is 4.09. The predicted molar refractivity (Wildman–Crippen MR) is 65.2 cm³/mol. The summed E-state index contributed by atoms with van der Waals surface area (Å²) in [7, 11) is 0. The summed E-state index contributed by atoms with van der Waals surface area (Å²) in [5.41, 5.74) is 0. The Morgan fingerprint density at radius 2 is 2.17 bits per heavy atom. The van der Waals surface area contributed by atoms with E-state index in [1.54, 1.807) is 0 Å². The Labute approximate surface area is 107 Å². The number of amides is 1. The lowest BCUT2D eigenvalue weighted by atomic mass is 9.94. The lowest BCUT2D eigenvalue weighted by Crippen LogP contribution is -2.43. The van der Waals surface area contributed by atoms with E-state index in [4.69, 9.17) is 4.74 Å². The van der Waals surface area contributed by atoms with Crippen molar-refractivity contribution < 1.29 is 19.4 Å². The highest BCUT2D eigenvalue weighted by atomic mass is 16.6. The molecular formula is C13H21NO4. The van der Waals surface area contributed by atoms with Crippen LogP contribution in [0.2, 0.25) is 0 Å². The summed E-state index contributed by atoms with van der Waals surface area (Å²) in [6.07, 6.45) is 4.36. The second kappa shape index (κ2) is 5.59. The number of ether oxygens (including phenoxy) is 1. The Hall–Kier alpha value is -1.26. The molecule has 5 nitrogen and oxygen atoms in total. The Morgan fingerprint density at radius 1 is 1.39 bits per heavy atom. The number of rotatable bonds is 4. The number of carboxylic acids is 1. The molecule has 1 aliphatic carbocycles. The van der Waals surface area contributed by atoms with Crippen LogP contribution >= 0.6 is 0 Å². The number of likely N-dealkylation sites (tertiary alicyclic amines) is 1. The van der Waals surface area contributed by atoms with E-state index in [1.165, 1.54) is 4.90 Å². The zero-order chi connectivity index (χ0) is 13.1. The Bertz CT molecular complexity index is 331. The van der Waals surface area contributed by atoms with E-state index in [1.807, 2.05) is 6.92 Å². The molecule has 0 aromatic carbocycles. The maximum atomic E-state index is 11.9. The molecule has 2 rings (SSSR count). The van der Waals surface area contributed by atoms with Gasteiger partial charge in [0.2, 0.25) is 0 Å². The summed E-state index contributed by atoms with van der Waals surface area (Å²) in [5.74, 6) is -0.414. The van der Waals surface area contributed by atoms with Gasteiger partial charge in [-0.25, -0.2) is 9.59 Å². The van der Waals surface area contributed by atoms with Gasteiger partial charge in [-0.15, -0.1) is 0 Å². The second-order valence-electron chi connectivity index (χ2n) is 5.26. The molecule has 0 bridgehead atoms. The molecule has 1 saturated carbocycles. The molecule has 2 fully saturated rings. The first-order valence-electron chi connectivity index (χ1n) is 6.81. The highest BCUT2D eigenvalue weighted by Gasteiger charge is 2.50. The van der Waals surface area contributed by atoms with Crippen LogP contribution in [0.1, 0.15) is 39.0 Å². The zero-order valence-electron chi connectivity index (χ0n) is 10.8. The van der Waals surface area contributed by atoms with Crippen molar-refractivity contribution >= 4 is 12.1 Å². The SMILES string of the molecule is CCCCOC(=O)N1C[C@@H]2CCC[C@@H]2[C@H]1C(=O)O. The van der Waals surface area contributed by atoms with Crippen molar-refractivity contribution in [1.82, 2.24) is 4.90 Å². The first-order chi connectivity index (χ1) is 8.65. The highest BCUT2D eigenvalue weighted by molar-refractivity contribution is 5.81. The summed E-state index contributed by atoms with van der Waals surface area (Å²) in [4.78, 5) is 24.7. The molecule has 2 aliphatic rings. The second-order valence-corrected chi connectivity index (χ2v) is 5.26. The molecule has 1 heterocycles. The van der Waals surface area contributed by atoms with Gasteiger partial charge >= 0.3 is 12.1 Å². The van der Waals surface area contributed by atoms with Crippen molar-refractivity contribution in [3.8, 4) is 0 Å². The van der Waals surface area contributed by atoms with E-state index >= 15 is 0 Å². The third-order valence-corrected chi connectivity index (χ3v) is 4.10. The van der Waals surface area contributed by atoms with Crippen LogP contribution < -0.4 is 0 Å². The monoisotopic (exact) mass is 255 g/mol. The van der Waals surface area contributed by atoms with Crippen LogP contribution in [0.25, 0.3) is 0 Å². The van der Waals surface area contributed by atoms with Crippen molar-refractivity contribution in [2.45, 2.75) is 45.1 Å². The minimum absolute atomic E-state index is 0.126. The number of aliphatic carboxylic acids is 1. The lowest BCUT2D eigenvalue weighted by Gasteiger charge is -2.23. The third kappa shape index (κ3) is 2.44. The molecule has 0 radical (unpaired) electrons. The van der Waals surface area contributed by atoms with Gasteiger partial charge in [0, 0.05) is 6.54 Å². The highest BCUT2D eigenvalue weighted by Crippen LogP contribution is 2.42. The van der Waals surface area contributed by atoms with Crippen molar-refractivity contribution in [3.05, 3.63) is 0 Å². The number of hydrogen-bond donors (Lipinski definition) is 1. The maximum Gasteiger partial charge on any atom is 0.410 e. The third-order valence-electron chi connectivity index (χ3n) is 4.10. The van der Waals surface area contributed by atoms with E-state index < -0.39 is 18.1 Å². The fourth-order valence-electron chi connectivity index (χ4n) is 3.20.